The molecule has 0 saturated carbocycles. The molecular formula is C15H11ClF3NO3S. The molecule has 1 amide bonds. The molecule has 1 N–H and O–H groups in total. The van der Waals surface area contributed by atoms with Crippen molar-refractivity contribution in [1.82, 2.24) is 0 Å². The van der Waals surface area contributed by atoms with Crippen molar-refractivity contribution in [2.75, 3.05) is 11.1 Å². The molecule has 0 saturated heterocycles. The van der Waals surface area contributed by atoms with Crippen molar-refractivity contribution in [2.45, 2.75) is 11.1 Å². The lowest BCUT2D eigenvalue weighted by atomic mass is 10.1. The number of carbonyl (C=O) groups is 1. The predicted octanol–water partition coefficient (Wildman–Crippen LogP) is 3.77. The van der Waals surface area contributed by atoms with Crippen molar-refractivity contribution < 1.29 is 26.4 Å². The average molecular weight is 378 g/mol. The average Bonchev–Trinajstić information content (AvgIpc) is 2.48. The van der Waals surface area contributed by atoms with Crippen LogP contribution in [0.1, 0.15) is 5.56 Å². The van der Waals surface area contributed by atoms with Gasteiger partial charge in [0.15, 0.2) is 9.84 Å². The summed E-state index contributed by atoms with van der Waals surface area (Å²) >= 11 is 5.54. The van der Waals surface area contributed by atoms with Crippen molar-refractivity contribution in [3.05, 3.63) is 59.1 Å². The minimum absolute atomic E-state index is 0.0905. The van der Waals surface area contributed by atoms with Gasteiger partial charge in [0.2, 0.25) is 5.91 Å². The highest BCUT2D eigenvalue weighted by atomic mass is 35.5. The summed E-state index contributed by atoms with van der Waals surface area (Å²) in [5.74, 6) is -2.05. The molecular weight excluding hydrogens is 367 g/mol. The molecule has 4 nitrogen and oxygen atoms in total. The summed E-state index contributed by atoms with van der Waals surface area (Å²) in [5.41, 5.74) is -1.71. The van der Waals surface area contributed by atoms with E-state index in [9.17, 15) is 26.4 Å². The first-order chi connectivity index (χ1) is 11.1. The third-order valence-electron chi connectivity index (χ3n) is 2.98. The number of alkyl halides is 3. The maximum Gasteiger partial charge on any atom is 0.418 e. The van der Waals surface area contributed by atoms with Crippen LogP contribution < -0.4 is 5.32 Å². The number of anilines is 1. The SMILES string of the molecule is O=C(CS(=O)(=O)c1ccccc1)Nc1ccc(Cl)cc1C(F)(F)F. The lowest BCUT2D eigenvalue weighted by molar-refractivity contribution is -0.137. The summed E-state index contributed by atoms with van der Waals surface area (Å²) < 4.78 is 63.0. The Bertz CT molecular complexity index is 852. The zero-order chi connectivity index (χ0) is 18.0. The summed E-state index contributed by atoms with van der Waals surface area (Å²) in [6.07, 6.45) is -4.74. The summed E-state index contributed by atoms with van der Waals surface area (Å²) in [4.78, 5) is 11.8. The molecule has 2 rings (SSSR count). The number of nitrogens with one attached hydrogen (secondary N) is 1. The second-order valence-corrected chi connectivity index (χ2v) is 7.23. The van der Waals surface area contributed by atoms with Gasteiger partial charge in [-0.15, -0.1) is 0 Å². The highest BCUT2D eigenvalue weighted by Crippen LogP contribution is 2.36. The Kier molecular flexibility index (Phi) is 5.19. The van der Waals surface area contributed by atoms with Crippen LogP contribution in [0.5, 0.6) is 0 Å². The molecule has 0 aliphatic carbocycles. The minimum Gasteiger partial charge on any atom is -0.325 e. The highest BCUT2D eigenvalue weighted by Gasteiger charge is 2.34. The molecule has 128 valence electrons. The fraction of sp³-hybridized carbons (Fsp3) is 0.133. The van der Waals surface area contributed by atoms with Crippen LogP contribution in [0.2, 0.25) is 5.02 Å². The van der Waals surface area contributed by atoms with E-state index in [2.05, 4.69) is 0 Å². The number of rotatable bonds is 4. The summed E-state index contributed by atoms with van der Waals surface area (Å²) in [6.45, 7) is 0. The van der Waals surface area contributed by atoms with Crippen molar-refractivity contribution in [3.8, 4) is 0 Å². The quantitative estimate of drug-likeness (QED) is 0.882. The second-order valence-electron chi connectivity index (χ2n) is 4.81. The summed E-state index contributed by atoms with van der Waals surface area (Å²) in [7, 11) is -3.96. The highest BCUT2D eigenvalue weighted by molar-refractivity contribution is 7.92. The van der Waals surface area contributed by atoms with Crippen LogP contribution in [0.15, 0.2) is 53.4 Å². The maximum absolute atomic E-state index is 13.0. The van der Waals surface area contributed by atoms with Gasteiger partial charge < -0.3 is 5.32 Å². The lowest BCUT2D eigenvalue weighted by Gasteiger charge is -2.14. The van der Waals surface area contributed by atoms with Crippen molar-refractivity contribution in [2.24, 2.45) is 0 Å². The van der Waals surface area contributed by atoms with E-state index in [-0.39, 0.29) is 9.92 Å². The van der Waals surface area contributed by atoms with Gasteiger partial charge in [0.25, 0.3) is 0 Å². The fourth-order valence-corrected chi connectivity index (χ4v) is 3.26. The first-order valence-corrected chi connectivity index (χ1v) is 8.57. The molecule has 24 heavy (non-hydrogen) atoms. The van der Waals surface area contributed by atoms with E-state index in [0.29, 0.717) is 6.07 Å². The zero-order valence-electron chi connectivity index (χ0n) is 12.0. The van der Waals surface area contributed by atoms with Crippen molar-refractivity contribution in [3.63, 3.8) is 0 Å². The summed E-state index contributed by atoms with van der Waals surface area (Å²) in [5, 5.41) is 1.82. The first-order valence-electron chi connectivity index (χ1n) is 6.54. The number of carbonyl (C=O) groups excluding carboxylic acids is 1. The van der Waals surface area contributed by atoms with E-state index in [1.807, 2.05) is 5.32 Å². The summed E-state index contributed by atoms with van der Waals surface area (Å²) in [6, 6.07) is 9.94. The van der Waals surface area contributed by atoms with E-state index in [0.717, 1.165) is 12.1 Å². The van der Waals surface area contributed by atoms with Crippen molar-refractivity contribution in [1.29, 1.82) is 0 Å². The van der Waals surface area contributed by atoms with Gasteiger partial charge in [0, 0.05) is 5.02 Å². The minimum atomic E-state index is -4.74. The van der Waals surface area contributed by atoms with Gasteiger partial charge in [0.05, 0.1) is 16.1 Å². The number of amides is 1. The topological polar surface area (TPSA) is 63.2 Å². The van der Waals surface area contributed by atoms with Gasteiger partial charge in [-0.25, -0.2) is 8.42 Å². The second kappa shape index (κ2) is 6.82. The number of sulfone groups is 1. The predicted molar refractivity (Wildman–Crippen MR) is 83.6 cm³/mol. The molecule has 9 heteroatoms. The third-order valence-corrected chi connectivity index (χ3v) is 4.85. The first kappa shape index (κ1) is 18.3. The van der Waals surface area contributed by atoms with Crippen LogP contribution >= 0.6 is 11.6 Å². The van der Waals surface area contributed by atoms with E-state index in [1.54, 1.807) is 6.07 Å². The number of halogens is 4. The van der Waals surface area contributed by atoms with E-state index >= 15 is 0 Å². The van der Waals surface area contributed by atoms with Gasteiger partial charge in [-0.05, 0) is 30.3 Å². The number of hydrogen-bond acceptors (Lipinski definition) is 3. The fourth-order valence-electron chi connectivity index (χ4n) is 1.93. The standard InChI is InChI=1S/C15H11ClF3NO3S/c16-10-6-7-13(12(8-10)15(17,18)19)20-14(21)9-24(22,23)11-4-2-1-3-5-11/h1-8H,9H2,(H,20,21). The molecule has 0 atom stereocenters. The lowest BCUT2D eigenvalue weighted by Crippen LogP contribution is -2.24. The molecule has 2 aromatic rings. The third kappa shape index (κ3) is 4.48. The number of hydrogen-bond donors (Lipinski definition) is 1. The Balaban J connectivity index is 2.22. The molecule has 0 fully saturated rings. The monoisotopic (exact) mass is 377 g/mol. The van der Waals surface area contributed by atoms with Crippen LogP contribution in [0.25, 0.3) is 0 Å². The Hall–Kier alpha value is -2.06. The Labute approximate surface area is 141 Å². The molecule has 0 heterocycles. The van der Waals surface area contributed by atoms with E-state index < -0.39 is 38.9 Å². The smallest absolute Gasteiger partial charge is 0.325 e. The molecule has 0 aliphatic heterocycles. The maximum atomic E-state index is 13.0. The molecule has 2 aromatic carbocycles. The zero-order valence-corrected chi connectivity index (χ0v) is 13.5. The van der Waals surface area contributed by atoms with Crippen LogP contribution in [0.4, 0.5) is 18.9 Å². The van der Waals surface area contributed by atoms with Crippen LogP contribution in [-0.2, 0) is 20.8 Å². The van der Waals surface area contributed by atoms with Gasteiger partial charge >= 0.3 is 6.18 Å². The van der Waals surface area contributed by atoms with Crippen LogP contribution in [-0.4, -0.2) is 20.1 Å². The largest absolute Gasteiger partial charge is 0.418 e. The molecule has 0 spiro atoms. The van der Waals surface area contributed by atoms with E-state index in [1.165, 1.54) is 24.3 Å². The Morgan fingerprint density at radius 3 is 2.29 bits per heavy atom. The molecule has 0 aliphatic rings. The number of benzene rings is 2. The van der Waals surface area contributed by atoms with Crippen molar-refractivity contribution >= 4 is 33.0 Å². The molecule has 0 unspecified atom stereocenters. The Morgan fingerprint density at radius 1 is 1.08 bits per heavy atom. The van der Waals surface area contributed by atoms with E-state index in [4.69, 9.17) is 11.6 Å². The molecule has 0 radical (unpaired) electrons. The van der Waals surface area contributed by atoms with Gasteiger partial charge in [-0.1, -0.05) is 29.8 Å². The van der Waals surface area contributed by atoms with Crippen LogP contribution in [0, 0.1) is 0 Å². The van der Waals surface area contributed by atoms with Gasteiger partial charge in [-0.2, -0.15) is 13.2 Å². The van der Waals surface area contributed by atoms with Crippen LogP contribution in [0.3, 0.4) is 0 Å². The normalized spacial score (nSPS) is 12.0. The van der Waals surface area contributed by atoms with Gasteiger partial charge in [0.1, 0.15) is 5.75 Å². The van der Waals surface area contributed by atoms with Gasteiger partial charge in [-0.3, -0.25) is 4.79 Å². The molecule has 0 aromatic heterocycles. The Morgan fingerprint density at radius 2 is 1.71 bits per heavy atom. The molecule has 0 bridgehead atoms.